The van der Waals surface area contributed by atoms with Gasteiger partial charge in [0, 0.05) is 12.1 Å². The largest absolute Gasteiger partial charge is 0.506 e. The number of pyridine rings is 1. The van der Waals surface area contributed by atoms with Crippen molar-refractivity contribution in [3.63, 3.8) is 0 Å². The van der Waals surface area contributed by atoms with Crippen LogP contribution in [0.25, 0.3) is 0 Å². The summed E-state index contributed by atoms with van der Waals surface area (Å²) in [5.74, 6) is -2.11. The van der Waals surface area contributed by atoms with Crippen LogP contribution in [0.15, 0.2) is 6.20 Å². The topological polar surface area (TPSA) is 96.4 Å². The number of hydrogen-bond acceptors (Lipinski definition) is 4. The van der Waals surface area contributed by atoms with Gasteiger partial charge >= 0.3 is 5.97 Å². The Kier molecular flexibility index (Phi) is 3.15. The molecule has 5 nitrogen and oxygen atoms in total. The molecule has 0 saturated heterocycles. The zero-order valence-electron chi connectivity index (χ0n) is 7.44. The molecule has 0 aliphatic heterocycles. The Hall–Kier alpha value is -1.76. The number of aromatic carboxylic acids is 1. The second-order valence-electron chi connectivity index (χ2n) is 2.69. The molecule has 4 N–H and O–H groups in total. The quantitative estimate of drug-likeness (QED) is 0.699. The summed E-state index contributed by atoms with van der Waals surface area (Å²) < 4.78 is 25.1. The Morgan fingerprint density at radius 1 is 1.60 bits per heavy atom. The van der Waals surface area contributed by atoms with E-state index in [0.29, 0.717) is 0 Å². The van der Waals surface area contributed by atoms with Gasteiger partial charge in [0.25, 0.3) is 6.43 Å². The first kappa shape index (κ1) is 11.3. The van der Waals surface area contributed by atoms with E-state index in [1.54, 1.807) is 0 Å². The minimum atomic E-state index is -3.05. The molecule has 0 bridgehead atoms. The molecule has 0 unspecified atom stereocenters. The average Bonchev–Trinajstić information content (AvgIpc) is 2.16. The number of carbonyl (C=O) groups is 1. The van der Waals surface area contributed by atoms with E-state index in [2.05, 4.69) is 4.98 Å². The molecule has 0 amide bonds. The van der Waals surface area contributed by atoms with Crippen molar-refractivity contribution in [2.75, 3.05) is 0 Å². The van der Waals surface area contributed by atoms with E-state index in [4.69, 9.17) is 10.8 Å². The maximum atomic E-state index is 12.5. The fourth-order valence-electron chi connectivity index (χ4n) is 1.17. The molecule has 1 rings (SSSR count). The normalized spacial score (nSPS) is 10.7. The third-order valence-electron chi connectivity index (χ3n) is 1.83. The third-order valence-corrected chi connectivity index (χ3v) is 1.83. The molecule has 0 saturated carbocycles. The summed E-state index contributed by atoms with van der Waals surface area (Å²) in [6, 6.07) is 0. The van der Waals surface area contributed by atoms with E-state index in [1.807, 2.05) is 0 Å². The Labute approximate surface area is 83.2 Å². The monoisotopic (exact) mass is 218 g/mol. The summed E-state index contributed by atoms with van der Waals surface area (Å²) in [7, 11) is 0. The van der Waals surface area contributed by atoms with Crippen LogP contribution in [-0.2, 0) is 6.54 Å². The van der Waals surface area contributed by atoms with Gasteiger partial charge in [0.15, 0.2) is 5.69 Å². The van der Waals surface area contributed by atoms with Gasteiger partial charge in [-0.3, -0.25) is 0 Å². The van der Waals surface area contributed by atoms with Crippen LogP contribution in [0.5, 0.6) is 5.75 Å². The van der Waals surface area contributed by atoms with E-state index in [0.717, 1.165) is 6.20 Å². The number of halogens is 2. The zero-order valence-corrected chi connectivity index (χ0v) is 7.44. The van der Waals surface area contributed by atoms with Gasteiger partial charge < -0.3 is 15.9 Å². The molecular weight excluding hydrogens is 210 g/mol. The van der Waals surface area contributed by atoms with Crippen molar-refractivity contribution in [1.29, 1.82) is 0 Å². The first-order valence-electron chi connectivity index (χ1n) is 3.91. The molecule has 1 aromatic heterocycles. The standard InChI is InChI=1S/C8H8F2N2O3/c9-7(10)5-3(1-11)4(13)2-12-6(5)8(14)15/h2,7,13H,1,11H2,(H,14,15). The molecule has 0 spiro atoms. The highest BCUT2D eigenvalue weighted by Crippen LogP contribution is 2.30. The lowest BCUT2D eigenvalue weighted by Crippen LogP contribution is -2.12. The predicted octanol–water partition coefficient (Wildman–Crippen LogP) is 0.882. The van der Waals surface area contributed by atoms with E-state index < -0.39 is 29.4 Å². The molecule has 0 aliphatic carbocycles. The lowest BCUT2D eigenvalue weighted by molar-refractivity contribution is 0.0676. The number of rotatable bonds is 3. The highest BCUT2D eigenvalue weighted by molar-refractivity contribution is 5.87. The number of carboxylic acids is 1. The van der Waals surface area contributed by atoms with E-state index in [-0.39, 0.29) is 12.1 Å². The zero-order chi connectivity index (χ0) is 11.6. The second-order valence-corrected chi connectivity index (χ2v) is 2.69. The Morgan fingerprint density at radius 3 is 2.60 bits per heavy atom. The lowest BCUT2D eigenvalue weighted by Gasteiger charge is -2.10. The molecule has 15 heavy (non-hydrogen) atoms. The van der Waals surface area contributed by atoms with Gasteiger partial charge in [0.05, 0.1) is 11.8 Å². The first-order valence-corrected chi connectivity index (χ1v) is 3.91. The number of nitrogens with zero attached hydrogens (tertiary/aromatic N) is 1. The summed E-state index contributed by atoms with van der Waals surface area (Å²) in [6.07, 6.45) is -2.26. The molecular formula is C8H8F2N2O3. The van der Waals surface area contributed by atoms with E-state index in [9.17, 15) is 18.7 Å². The van der Waals surface area contributed by atoms with Crippen LogP contribution in [0.1, 0.15) is 28.0 Å². The van der Waals surface area contributed by atoms with Crippen LogP contribution in [-0.4, -0.2) is 21.2 Å². The van der Waals surface area contributed by atoms with Gasteiger partial charge in [-0.25, -0.2) is 18.6 Å². The number of aromatic hydroxyl groups is 1. The second kappa shape index (κ2) is 4.18. The molecule has 7 heteroatoms. The van der Waals surface area contributed by atoms with Crippen molar-refractivity contribution in [1.82, 2.24) is 4.98 Å². The third kappa shape index (κ3) is 2.01. The van der Waals surface area contributed by atoms with E-state index >= 15 is 0 Å². The maximum Gasteiger partial charge on any atom is 0.355 e. The maximum absolute atomic E-state index is 12.5. The van der Waals surface area contributed by atoms with Crippen LogP contribution in [0.3, 0.4) is 0 Å². The number of carboxylic acid groups (broad SMARTS) is 1. The van der Waals surface area contributed by atoms with Crippen molar-refractivity contribution >= 4 is 5.97 Å². The van der Waals surface area contributed by atoms with Crippen LogP contribution >= 0.6 is 0 Å². The summed E-state index contributed by atoms with van der Waals surface area (Å²) in [4.78, 5) is 13.8. The lowest BCUT2D eigenvalue weighted by atomic mass is 10.1. The van der Waals surface area contributed by atoms with Gasteiger partial charge in [-0.15, -0.1) is 0 Å². The average molecular weight is 218 g/mol. The number of hydrogen-bond donors (Lipinski definition) is 3. The molecule has 1 aromatic rings. The van der Waals surface area contributed by atoms with Crippen LogP contribution < -0.4 is 5.73 Å². The van der Waals surface area contributed by atoms with Crippen LogP contribution in [0, 0.1) is 0 Å². The number of alkyl halides is 2. The predicted molar refractivity (Wildman–Crippen MR) is 45.7 cm³/mol. The van der Waals surface area contributed by atoms with Crippen molar-refractivity contribution in [3.8, 4) is 5.75 Å². The van der Waals surface area contributed by atoms with Crippen LogP contribution in [0.2, 0.25) is 0 Å². The van der Waals surface area contributed by atoms with Crippen molar-refractivity contribution in [2.45, 2.75) is 13.0 Å². The molecule has 0 fully saturated rings. The Morgan fingerprint density at radius 2 is 2.20 bits per heavy atom. The minimum Gasteiger partial charge on any atom is -0.506 e. The Bertz CT molecular complexity index is 396. The molecule has 0 radical (unpaired) electrons. The smallest absolute Gasteiger partial charge is 0.355 e. The van der Waals surface area contributed by atoms with Gasteiger partial charge in [-0.1, -0.05) is 0 Å². The molecule has 1 heterocycles. The molecule has 0 atom stereocenters. The molecule has 82 valence electrons. The number of aromatic nitrogens is 1. The van der Waals surface area contributed by atoms with E-state index in [1.165, 1.54) is 0 Å². The summed E-state index contributed by atoms with van der Waals surface area (Å²) in [5.41, 5.74) is 3.23. The first-order chi connectivity index (χ1) is 6.99. The fraction of sp³-hybridized carbons (Fsp3) is 0.250. The molecule has 0 aliphatic rings. The van der Waals surface area contributed by atoms with Crippen molar-refractivity contribution < 1.29 is 23.8 Å². The van der Waals surface area contributed by atoms with Crippen molar-refractivity contribution in [3.05, 3.63) is 23.0 Å². The van der Waals surface area contributed by atoms with Gasteiger partial charge in [0.1, 0.15) is 5.75 Å². The minimum absolute atomic E-state index is 0.294. The highest BCUT2D eigenvalue weighted by Gasteiger charge is 2.25. The van der Waals surface area contributed by atoms with Crippen molar-refractivity contribution in [2.24, 2.45) is 5.73 Å². The van der Waals surface area contributed by atoms with Gasteiger partial charge in [0.2, 0.25) is 0 Å². The van der Waals surface area contributed by atoms with Crippen LogP contribution in [0.4, 0.5) is 8.78 Å². The Balaban J connectivity index is 3.49. The highest BCUT2D eigenvalue weighted by atomic mass is 19.3. The SMILES string of the molecule is NCc1c(O)cnc(C(=O)O)c1C(F)F. The summed E-state index contributed by atoms with van der Waals surface area (Å²) in [5, 5.41) is 17.8. The molecule has 0 aromatic carbocycles. The fourth-order valence-corrected chi connectivity index (χ4v) is 1.17. The van der Waals surface area contributed by atoms with Gasteiger partial charge in [-0.2, -0.15) is 0 Å². The summed E-state index contributed by atoms with van der Waals surface area (Å²) >= 11 is 0. The van der Waals surface area contributed by atoms with Gasteiger partial charge in [-0.05, 0) is 0 Å². The summed E-state index contributed by atoms with van der Waals surface area (Å²) in [6.45, 7) is -0.381. The number of nitrogens with two attached hydrogens (primary N) is 1.